The van der Waals surface area contributed by atoms with E-state index in [4.69, 9.17) is 0 Å². The van der Waals surface area contributed by atoms with Gasteiger partial charge in [0.1, 0.15) is 5.82 Å². The number of halogens is 1. The molecule has 0 unspecified atom stereocenters. The molecule has 22 heavy (non-hydrogen) atoms. The van der Waals surface area contributed by atoms with Crippen LogP contribution in [0.4, 0.5) is 4.39 Å². The van der Waals surface area contributed by atoms with Gasteiger partial charge >= 0.3 is 0 Å². The maximum atomic E-state index is 13.0. The van der Waals surface area contributed by atoms with Gasteiger partial charge < -0.3 is 5.11 Å². The molecule has 1 heterocycles. The molecule has 0 bridgehead atoms. The molecule has 4 nitrogen and oxygen atoms in total. The third kappa shape index (κ3) is 3.36. The van der Waals surface area contributed by atoms with Crippen LogP contribution in [0.15, 0.2) is 30.5 Å². The summed E-state index contributed by atoms with van der Waals surface area (Å²) in [5, 5.41) is 17.6. The number of nitrogens with one attached hydrogen (secondary N) is 1. The van der Waals surface area contributed by atoms with E-state index in [-0.39, 0.29) is 5.82 Å². The first-order valence-electron chi connectivity index (χ1n) is 7.75. The van der Waals surface area contributed by atoms with Crippen molar-refractivity contribution in [2.24, 2.45) is 0 Å². The predicted octanol–water partition coefficient (Wildman–Crippen LogP) is 2.95. The van der Waals surface area contributed by atoms with Crippen molar-refractivity contribution in [3.05, 3.63) is 41.8 Å². The summed E-state index contributed by atoms with van der Waals surface area (Å²) in [6, 6.07) is 6.39. The lowest BCUT2D eigenvalue weighted by atomic mass is 10.0. The van der Waals surface area contributed by atoms with Crippen LogP contribution in [0.1, 0.15) is 31.2 Å². The Morgan fingerprint density at radius 2 is 1.95 bits per heavy atom. The van der Waals surface area contributed by atoms with E-state index < -0.39 is 5.60 Å². The first-order valence-corrected chi connectivity index (χ1v) is 7.75. The molecule has 0 saturated heterocycles. The minimum absolute atomic E-state index is 0.245. The van der Waals surface area contributed by atoms with Gasteiger partial charge in [0.25, 0.3) is 0 Å². The second-order valence-electron chi connectivity index (χ2n) is 6.38. The summed E-state index contributed by atoms with van der Waals surface area (Å²) < 4.78 is 13.0. The van der Waals surface area contributed by atoms with E-state index in [2.05, 4.69) is 15.1 Å². The van der Waals surface area contributed by atoms with Crippen LogP contribution in [0.5, 0.6) is 0 Å². The van der Waals surface area contributed by atoms with Crippen LogP contribution in [0.3, 0.4) is 0 Å². The minimum atomic E-state index is -0.547. The zero-order valence-electron chi connectivity index (χ0n) is 12.8. The standard InChI is InChI=1S/C17H22FN3O/c1-21(12-17(22)8-2-3-9-17)11-14-10-19-20-16(14)13-4-6-15(18)7-5-13/h4-7,10,22H,2-3,8-9,11-12H2,1H3,(H,19,20). The second-order valence-corrected chi connectivity index (χ2v) is 6.38. The highest BCUT2D eigenvalue weighted by Crippen LogP contribution is 2.30. The number of aromatic nitrogens is 2. The average molecular weight is 303 g/mol. The van der Waals surface area contributed by atoms with Crippen molar-refractivity contribution in [3.8, 4) is 11.3 Å². The van der Waals surface area contributed by atoms with E-state index in [1.165, 1.54) is 12.1 Å². The maximum absolute atomic E-state index is 13.0. The largest absolute Gasteiger partial charge is 0.389 e. The van der Waals surface area contributed by atoms with Gasteiger partial charge in [0.05, 0.1) is 17.5 Å². The Bertz CT molecular complexity index is 617. The molecule has 2 N–H and O–H groups in total. The number of rotatable bonds is 5. The molecule has 0 atom stereocenters. The lowest BCUT2D eigenvalue weighted by Crippen LogP contribution is -2.38. The van der Waals surface area contributed by atoms with Gasteiger partial charge in [-0.3, -0.25) is 10.00 Å². The van der Waals surface area contributed by atoms with E-state index in [1.54, 1.807) is 18.3 Å². The molecular weight excluding hydrogens is 281 g/mol. The van der Waals surface area contributed by atoms with E-state index in [0.717, 1.165) is 42.5 Å². The molecule has 1 aromatic heterocycles. The molecule has 3 rings (SSSR count). The number of hydrogen-bond donors (Lipinski definition) is 2. The van der Waals surface area contributed by atoms with Crippen LogP contribution in [0.25, 0.3) is 11.3 Å². The Labute approximate surface area is 130 Å². The Balaban J connectivity index is 1.70. The topological polar surface area (TPSA) is 52.2 Å². The molecule has 1 aromatic carbocycles. The number of nitrogens with zero attached hydrogens (tertiary/aromatic N) is 2. The first-order chi connectivity index (χ1) is 10.6. The quantitative estimate of drug-likeness (QED) is 0.893. The maximum Gasteiger partial charge on any atom is 0.123 e. The van der Waals surface area contributed by atoms with Gasteiger partial charge in [0.15, 0.2) is 0 Å². The van der Waals surface area contributed by atoms with Crippen molar-refractivity contribution >= 4 is 0 Å². The zero-order chi connectivity index (χ0) is 15.6. The number of aliphatic hydroxyl groups is 1. The van der Waals surface area contributed by atoms with Crippen molar-refractivity contribution in [1.82, 2.24) is 15.1 Å². The monoisotopic (exact) mass is 303 g/mol. The lowest BCUT2D eigenvalue weighted by molar-refractivity contribution is 0.0145. The van der Waals surface area contributed by atoms with Crippen molar-refractivity contribution in [2.75, 3.05) is 13.6 Å². The molecule has 118 valence electrons. The van der Waals surface area contributed by atoms with Crippen LogP contribution >= 0.6 is 0 Å². The number of benzene rings is 1. The van der Waals surface area contributed by atoms with E-state index in [1.807, 2.05) is 7.05 Å². The highest BCUT2D eigenvalue weighted by Gasteiger charge is 2.32. The normalized spacial score (nSPS) is 17.3. The molecule has 0 spiro atoms. The summed E-state index contributed by atoms with van der Waals surface area (Å²) in [6.45, 7) is 1.37. The third-order valence-corrected chi connectivity index (χ3v) is 4.39. The molecule has 0 aliphatic heterocycles. The van der Waals surface area contributed by atoms with Gasteiger partial charge in [-0.25, -0.2) is 4.39 Å². The Kier molecular flexibility index (Phi) is 4.27. The van der Waals surface area contributed by atoms with Crippen molar-refractivity contribution in [2.45, 2.75) is 37.8 Å². The van der Waals surface area contributed by atoms with E-state index >= 15 is 0 Å². The number of aromatic amines is 1. The van der Waals surface area contributed by atoms with Gasteiger partial charge in [-0.1, -0.05) is 12.8 Å². The summed E-state index contributed by atoms with van der Waals surface area (Å²) in [4.78, 5) is 2.13. The predicted molar refractivity (Wildman–Crippen MR) is 83.7 cm³/mol. The lowest BCUT2D eigenvalue weighted by Gasteiger charge is -2.28. The van der Waals surface area contributed by atoms with Crippen molar-refractivity contribution in [1.29, 1.82) is 0 Å². The van der Waals surface area contributed by atoms with Crippen LogP contribution in [-0.2, 0) is 6.54 Å². The van der Waals surface area contributed by atoms with Gasteiger partial charge in [0, 0.05) is 24.2 Å². The van der Waals surface area contributed by atoms with Gasteiger partial charge in [-0.05, 0) is 44.2 Å². The average Bonchev–Trinajstić information content (AvgIpc) is 3.09. The van der Waals surface area contributed by atoms with Crippen molar-refractivity contribution in [3.63, 3.8) is 0 Å². The molecule has 1 fully saturated rings. The van der Waals surface area contributed by atoms with Gasteiger partial charge in [-0.2, -0.15) is 5.10 Å². The molecule has 5 heteroatoms. The molecule has 1 aliphatic carbocycles. The highest BCUT2D eigenvalue weighted by molar-refractivity contribution is 5.62. The summed E-state index contributed by atoms with van der Waals surface area (Å²) >= 11 is 0. The third-order valence-electron chi connectivity index (χ3n) is 4.39. The fraction of sp³-hybridized carbons (Fsp3) is 0.471. The SMILES string of the molecule is CN(Cc1cn[nH]c1-c1ccc(F)cc1)CC1(O)CCCC1. The van der Waals surface area contributed by atoms with Crippen LogP contribution in [0, 0.1) is 5.82 Å². The van der Waals surface area contributed by atoms with E-state index in [0.29, 0.717) is 13.1 Å². The van der Waals surface area contributed by atoms with Crippen LogP contribution in [-0.4, -0.2) is 39.4 Å². The smallest absolute Gasteiger partial charge is 0.123 e. The molecule has 2 aromatic rings. The van der Waals surface area contributed by atoms with Crippen LogP contribution < -0.4 is 0 Å². The van der Waals surface area contributed by atoms with Gasteiger partial charge in [0.2, 0.25) is 0 Å². The fourth-order valence-corrected chi connectivity index (χ4v) is 3.34. The fourth-order valence-electron chi connectivity index (χ4n) is 3.34. The molecule has 0 radical (unpaired) electrons. The zero-order valence-corrected chi connectivity index (χ0v) is 12.8. The first kappa shape index (κ1) is 15.2. The summed E-state index contributed by atoms with van der Waals surface area (Å²) in [7, 11) is 2.01. The summed E-state index contributed by atoms with van der Waals surface area (Å²) in [5.41, 5.74) is 2.33. The number of H-pyrrole nitrogens is 1. The molecule has 1 aliphatic rings. The molecule has 1 saturated carbocycles. The number of likely N-dealkylation sites (N-methyl/N-ethyl adjacent to an activating group) is 1. The van der Waals surface area contributed by atoms with E-state index in [9.17, 15) is 9.50 Å². The summed E-state index contributed by atoms with van der Waals surface area (Å²) in [5.74, 6) is -0.245. The van der Waals surface area contributed by atoms with Crippen LogP contribution in [0.2, 0.25) is 0 Å². The second kappa shape index (κ2) is 6.18. The Hall–Kier alpha value is -1.72. The summed E-state index contributed by atoms with van der Waals surface area (Å²) in [6.07, 6.45) is 5.78. The molecule has 0 amide bonds. The Morgan fingerprint density at radius 1 is 1.27 bits per heavy atom. The van der Waals surface area contributed by atoms with Gasteiger partial charge in [-0.15, -0.1) is 0 Å². The number of hydrogen-bond acceptors (Lipinski definition) is 3. The Morgan fingerprint density at radius 3 is 2.64 bits per heavy atom. The van der Waals surface area contributed by atoms with Crippen molar-refractivity contribution < 1.29 is 9.50 Å². The molecular formula is C17H22FN3O. The highest BCUT2D eigenvalue weighted by atomic mass is 19.1. The minimum Gasteiger partial charge on any atom is -0.389 e.